The lowest BCUT2D eigenvalue weighted by atomic mass is 10.1. The van der Waals surface area contributed by atoms with Crippen LogP contribution in [-0.2, 0) is 6.54 Å². The molecule has 0 saturated heterocycles. The summed E-state index contributed by atoms with van der Waals surface area (Å²) in [6, 6.07) is 14.4. The molecule has 0 atom stereocenters. The summed E-state index contributed by atoms with van der Waals surface area (Å²) in [6.45, 7) is 2.88. The van der Waals surface area contributed by atoms with Crippen molar-refractivity contribution >= 4 is 16.8 Å². The first-order valence-electron chi connectivity index (χ1n) is 9.69. The smallest absolute Gasteiger partial charge is 0.254 e. The highest BCUT2D eigenvalue weighted by Gasteiger charge is 2.18. The number of nitrogens with zero attached hydrogens (tertiary/aromatic N) is 1. The highest BCUT2D eigenvalue weighted by Crippen LogP contribution is 2.20. The fourth-order valence-electron chi connectivity index (χ4n) is 3.22. The van der Waals surface area contributed by atoms with Crippen LogP contribution < -0.4 is 15.0 Å². The lowest BCUT2D eigenvalue weighted by molar-refractivity contribution is 0.0740. The Morgan fingerprint density at radius 1 is 1.03 bits per heavy atom. The Morgan fingerprint density at radius 3 is 2.52 bits per heavy atom. The maximum atomic E-state index is 13.1. The first kappa shape index (κ1) is 20.5. The van der Waals surface area contributed by atoms with Crippen molar-refractivity contribution in [2.75, 3.05) is 20.8 Å². The van der Waals surface area contributed by atoms with E-state index >= 15 is 0 Å². The average molecular weight is 394 g/mol. The van der Waals surface area contributed by atoms with Gasteiger partial charge in [0.05, 0.1) is 20.8 Å². The van der Waals surface area contributed by atoms with Crippen LogP contribution in [0.1, 0.15) is 35.7 Å². The maximum Gasteiger partial charge on any atom is 0.254 e. The Balaban J connectivity index is 1.94. The number of hydrogen-bond acceptors (Lipinski definition) is 4. The molecule has 0 aliphatic rings. The van der Waals surface area contributed by atoms with Gasteiger partial charge in [0.15, 0.2) is 0 Å². The molecule has 6 heteroatoms. The fraction of sp³-hybridized carbons (Fsp3) is 0.304. The molecule has 1 N–H and O–H groups in total. The van der Waals surface area contributed by atoms with Crippen molar-refractivity contribution in [3.05, 3.63) is 70.0 Å². The number of aromatic nitrogens is 1. The fourth-order valence-corrected chi connectivity index (χ4v) is 3.22. The van der Waals surface area contributed by atoms with E-state index in [1.54, 1.807) is 49.5 Å². The number of hydrogen-bond donors (Lipinski definition) is 1. The molecule has 1 aromatic heterocycles. The van der Waals surface area contributed by atoms with Crippen molar-refractivity contribution in [1.82, 2.24) is 9.88 Å². The van der Waals surface area contributed by atoms with Gasteiger partial charge < -0.3 is 19.4 Å². The molecule has 3 aromatic rings. The number of nitrogens with one attached hydrogen (secondary N) is 1. The number of pyridine rings is 1. The summed E-state index contributed by atoms with van der Waals surface area (Å²) in [5.74, 6) is 1.22. The summed E-state index contributed by atoms with van der Waals surface area (Å²) in [4.78, 5) is 30.4. The SMILES string of the molecule is CCCCN(Cc1cc2cc(OC)ccc2[nH]c1=O)C(=O)c1cccc(OC)c1. The van der Waals surface area contributed by atoms with E-state index in [0.29, 0.717) is 29.2 Å². The Hall–Kier alpha value is -3.28. The molecule has 0 unspecified atom stereocenters. The summed E-state index contributed by atoms with van der Waals surface area (Å²) in [5, 5.41) is 0.864. The maximum absolute atomic E-state index is 13.1. The first-order chi connectivity index (χ1) is 14.0. The van der Waals surface area contributed by atoms with Crippen LogP contribution in [0.2, 0.25) is 0 Å². The summed E-state index contributed by atoms with van der Waals surface area (Å²) in [5.41, 5.74) is 1.62. The molecule has 2 aromatic carbocycles. The monoisotopic (exact) mass is 394 g/mol. The summed E-state index contributed by atoms with van der Waals surface area (Å²) in [7, 11) is 3.17. The van der Waals surface area contributed by atoms with E-state index in [2.05, 4.69) is 11.9 Å². The van der Waals surface area contributed by atoms with Gasteiger partial charge in [-0.3, -0.25) is 9.59 Å². The highest BCUT2D eigenvalue weighted by atomic mass is 16.5. The minimum absolute atomic E-state index is 0.123. The molecule has 1 heterocycles. The van der Waals surface area contributed by atoms with E-state index in [4.69, 9.17) is 9.47 Å². The molecule has 0 saturated carbocycles. The van der Waals surface area contributed by atoms with Gasteiger partial charge in [0.25, 0.3) is 11.5 Å². The van der Waals surface area contributed by atoms with Crippen LogP contribution in [0.15, 0.2) is 53.3 Å². The molecule has 0 radical (unpaired) electrons. The van der Waals surface area contributed by atoms with Crippen LogP contribution in [0, 0.1) is 0 Å². The highest BCUT2D eigenvalue weighted by molar-refractivity contribution is 5.94. The van der Waals surface area contributed by atoms with Crippen LogP contribution >= 0.6 is 0 Å². The minimum atomic E-state index is -0.192. The number of aromatic amines is 1. The van der Waals surface area contributed by atoms with Gasteiger partial charge in [0.2, 0.25) is 0 Å². The summed E-state index contributed by atoms with van der Waals surface area (Å²) < 4.78 is 10.5. The number of unbranched alkanes of at least 4 members (excludes halogenated alkanes) is 1. The minimum Gasteiger partial charge on any atom is -0.497 e. The Bertz CT molecular complexity index is 1060. The molecule has 152 valence electrons. The van der Waals surface area contributed by atoms with Crippen LogP contribution in [-0.4, -0.2) is 36.6 Å². The number of methoxy groups -OCH3 is 2. The summed E-state index contributed by atoms with van der Waals surface area (Å²) in [6.07, 6.45) is 1.81. The second-order valence-electron chi connectivity index (χ2n) is 6.89. The number of rotatable bonds is 8. The largest absolute Gasteiger partial charge is 0.497 e. The van der Waals surface area contributed by atoms with Gasteiger partial charge in [-0.2, -0.15) is 0 Å². The van der Waals surface area contributed by atoms with Gasteiger partial charge in [-0.25, -0.2) is 0 Å². The number of benzene rings is 2. The van der Waals surface area contributed by atoms with Crippen molar-refractivity contribution in [1.29, 1.82) is 0 Å². The number of H-pyrrole nitrogens is 1. The van der Waals surface area contributed by atoms with Crippen molar-refractivity contribution in [2.45, 2.75) is 26.3 Å². The van der Waals surface area contributed by atoms with E-state index in [0.717, 1.165) is 23.7 Å². The zero-order valence-corrected chi connectivity index (χ0v) is 17.0. The van der Waals surface area contributed by atoms with Gasteiger partial charge in [-0.15, -0.1) is 0 Å². The van der Waals surface area contributed by atoms with E-state index in [1.165, 1.54) is 0 Å². The predicted octanol–water partition coefficient (Wildman–Crippen LogP) is 3.99. The van der Waals surface area contributed by atoms with Gasteiger partial charge in [0.1, 0.15) is 11.5 Å². The Labute approximate surface area is 170 Å². The van der Waals surface area contributed by atoms with E-state index in [9.17, 15) is 9.59 Å². The molecule has 6 nitrogen and oxygen atoms in total. The van der Waals surface area contributed by atoms with Crippen LogP contribution in [0.4, 0.5) is 0 Å². The van der Waals surface area contributed by atoms with Crippen LogP contribution in [0.5, 0.6) is 11.5 Å². The topological polar surface area (TPSA) is 71.6 Å². The third-order valence-corrected chi connectivity index (χ3v) is 4.88. The lowest BCUT2D eigenvalue weighted by Crippen LogP contribution is -2.33. The van der Waals surface area contributed by atoms with E-state index in [-0.39, 0.29) is 18.0 Å². The number of ether oxygens (including phenoxy) is 2. The lowest BCUT2D eigenvalue weighted by Gasteiger charge is -2.23. The average Bonchev–Trinajstić information content (AvgIpc) is 2.76. The van der Waals surface area contributed by atoms with Crippen molar-refractivity contribution in [2.24, 2.45) is 0 Å². The molecular weight excluding hydrogens is 368 g/mol. The molecule has 1 amide bonds. The molecule has 0 bridgehead atoms. The molecule has 0 spiro atoms. The molecule has 0 fully saturated rings. The second-order valence-corrected chi connectivity index (χ2v) is 6.89. The standard InChI is InChI=1S/C23H26N2O4/c1-4-5-11-25(23(27)16-7-6-8-19(13-16)28-2)15-18-12-17-14-20(29-3)9-10-21(17)24-22(18)26/h6-10,12-14H,4-5,11,15H2,1-3H3,(H,24,26). The van der Waals surface area contributed by atoms with Crippen molar-refractivity contribution < 1.29 is 14.3 Å². The van der Waals surface area contributed by atoms with E-state index in [1.807, 2.05) is 18.2 Å². The Morgan fingerprint density at radius 2 is 1.79 bits per heavy atom. The third kappa shape index (κ3) is 4.77. The van der Waals surface area contributed by atoms with Crippen LogP contribution in [0.25, 0.3) is 10.9 Å². The normalized spacial score (nSPS) is 10.7. The zero-order chi connectivity index (χ0) is 20.8. The molecule has 0 aliphatic heterocycles. The van der Waals surface area contributed by atoms with Gasteiger partial charge in [-0.1, -0.05) is 19.4 Å². The quantitative estimate of drug-likeness (QED) is 0.627. The van der Waals surface area contributed by atoms with Gasteiger partial charge in [-0.05, 0) is 48.9 Å². The third-order valence-electron chi connectivity index (χ3n) is 4.88. The van der Waals surface area contributed by atoms with Gasteiger partial charge in [0, 0.05) is 28.6 Å². The first-order valence-corrected chi connectivity index (χ1v) is 9.69. The number of carbonyl (C=O) groups is 1. The van der Waals surface area contributed by atoms with Gasteiger partial charge >= 0.3 is 0 Å². The molecular formula is C23H26N2O4. The molecule has 0 aliphatic carbocycles. The van der Waals surface area contributed by atoms with Crippen molar-refractivity contribution in [3.63, 3.8) is 0 Å². The molecule has 29 heavy (non-hydrogen) atoms. The molecule has 3 rings (SSSR count). The number of fused-ring (bicyclic) bond motifs is 1. The number of carbonyl (C=O) groups excluding carboxylic acids is 1. The zero-order valence-electron chi connectivity index (χ0n) is 17.0. The van der Waals surface area contributed by atoms with E-state index < -0.39 is 0 Å². The second kappa shape index (κ2) is 9.28. The van der Waals surface area contributed by atoms with Crippen molar-refractivity contribution in [3.8, 4) is 11.5 Å². The summed E-state index contributed by atoms with van der Waals surface area (Å²) >= 11 is 0. The predicted molar refractivity (Wildman–Crippen MR) is 114 cm³/mol. The van der Waals surface area contributed by atoms with Crippen LogP contribution in [0.3, 0.4) is 0 Å². The number of amides is 1. The Kier molecular flexibility index (Phi) is 6.54.